The second-order valence-corrected chi connectivity index (χ2v) is 8.15. The van der Waals surface area contributed by atoms with E-state index in [1.165, 1.54) is 11.3 Å². The van der Waals surface area contributed by atoms with Crippen LogP contribution in [0.3, 0.4) is 0 Å². The van der Waals surface area contributed by atoms with Gasteiger partial charge in [-0.15, -0.1) is 22.9 Å². The first kappa shape index (κ1) is 17.1. The molecule has 0 amide bonds. The maximum absolute atomic E-state index is 12.8. The van der Waals surface area contributed by atoms with E-state index in [2.05, 4.69) is 0 Å². The quantitative estimate of drug-likeness (QED) is 0.769. The smallest absolute Gasteiger partial charge is 0.207 e. The molecule has 1 aliphatic heterocycles. The van der Waals surface area contributed by atoms with Crippen molar-refractivity contribution in [3.63, 3.8) is 0 Å². The normalized spacial score (nSPS) is 21.7. The van der Waals surface area contributed by atoms with Crippen molar-refractivity contribution in [3.8, 4) is 0 Å². The van der Waals surface area contributed by atoms with Gasteiger partial charge in [0.2, 0.25) is 10.0 Å². The Hall–Kier alpha value is -0.310. The molecule has 120 valence electrons. The molecule has 1 unspecified atom stereocenters. The van der Waals surface area contributed by atoms with Crippen LogP contribution in [0.25, 0.3) is 0 Å². The van der Waals surface area contributed by atoms with Gasteiger partial charge >= 0.3 is 6.18 Å². The zero-order valence-electron chi connectivity index (χ0n) is 11.3. The molecule has 1 aromatic heterocycles. The summed E-state index contributed by atoms with van der Waals surface area (Å²) in [5, 5.41) is 1.66. The third-order valence-electron chi connectivity index (χ3n) is 3.56. The van der Waals surface area contributed by atoms with Crippen LogP contribution < -0.4 is 0 Å². The van der Waals surface area contributed by atoms with Crippen LogP contribution in [0.15, 0.2) is 10.3 Å². The summed E-state index contributed by atoms with van der Waals surface area (Å²) in [5.41, 5.74) is 0.532. The van der Waals surface area contributed by atoms with Gasteiger partial charge in [0.15, 0.2) is 0 Å². The molecule has 1 aromatic rings. The SMILES string of the molecule is Cc1csc(CCl)c1S(=O)(=O)N1CCCC(C(F)(F)F)C1. The highest BCUT2D eigenvalue weighted by molar-refractivity contribution is 7.89. The third-order valence-corrected chi connectivity index (χ3v) is 7.31. The summed E-state index contributed by atoms with van der Waals surface area (Å²) in [5.74, 6) is -1.57. The van der Waals surface area contributed by atoms with Crippen LogP contribution in [0.5, 0.6) is 0 Å². The molecule has 0 N–H and O–H groups in total. The number of halogens is 4. The van der Waals surface area contributed by atoms with E-state index in [0.717, 1.165) is 4.31 Å². The van der Waals surface area contributed by atoms with Gasteiger partial charge in [0, 0.05) is 18.0 Å². The lowest BCUT2D eigenvalue weighted by atomic mass is 9.99. The highest BCUT2D eigenvalue weighted by Crippen LogP contribution is 2.37. The fourth-order valence-corrected chi connectivity index (χ4v) is 6.02. The van der Waals surface area contributed by atoms with Gasteiger partial charge in [0.05, 0.1) is 11.8 Å². The maximum atomic E-state index is 12.8. The number of nitrogens with zero attached hydrogens (tertiary/aromatic N) is 1. The Morgan fingerprint density at radius 1 is 1.48 bits per heavy atom. The van der Waals surface area contributed by atoms with E-state index >= 15 is 0 Å². The Morgan fingerprint density at radius 3 is 2.71 bits per heavy atom. The lowest BCUT2D eigenvalue weighted by Crippen LogP contribution is -2.44. The predicted molar refractivity (Wildman–Crippen MR) is 76.2 cm³/mol. The molecule has 0 saturated carbocycles. The van der Waals surface area contributed by atoms with Crippen molar-refractivity contribution in [1.82, 2.24) is 4.31 Å². The Kier molecular flexibility index (Phi) is 4.92. The monoisotopic (exact) mass is 361 g/mol. The van der Waals surface area contributed by atoms with Crippen LogP contribution in [0.1, 0.15) is 23.3 Å². The van der Waals surface area contributed by atoms with Crippen LogP contribution in [0.2, 0.25) is 0 Å². The van der Waals surface area contributed by atoms with Gasteiger partial charge in [-0.3, -0.25) is 0 Å². The first-order valence-corrected chi connectivity index (χ1v) is 9.23. The topological polar surface area (TPSA) is 37.4 Å². The lowest BCUT2D eigenvalue weighted by Gasteiger charge is -2.33. The summed E-state index contributed by atoms with van der Waals surface area (Å²) < 4.78 is 64.7. The highest BCUT2D eigenvalue weighted by Gasteiger charge is 2.44. The van der Waals surface area contributed by atoms with Crippen LogP contribution in [0, 0.1) is 12.8 Å². The molecule has 0 bridgehead atoms. The van der Waals surface area contributed by atoms with Crippen molar-refractivity contribution in [2.24, 2.45) is 5.92 Å². The van der Waals surface area contributed by atoms with E-state index in [9.17, 15) is 21.6 Å². The molecule has 0 radical (unpaired) electrons. The molecule has 0 spiro atoms. The van der Waals surface area contributed by atoms with Gasteiger partial charge in [0.25, 0.3) is 0 Å². The summed E-state index contributed by atoms with van der Waals surface area (Å²) in [6.45, 7) is 1.24. The van der Waals surface area contributed by atoms with Crippen LogP contribution in [-0.4, -0.2) is 32.0 Å². The third kappa shape index (κ3) is 3.38. The van der Waals surface area contributed by atoms with Gasteiger partial charge in [-0.25, -0.2) is 8.42 Å². The fraction of sp³-hybridized carbons (Fsp3) is 0.667. The van der Waals surface area contributed by atoms with E-state index in [-0.39, 0.29) is 30.2 Å². The Bertz CT molecular complexity index is 613. The summed E-state index contributed by atoms with van der Waals surface area (Å²) >= 11 is 6.95. The number of hydrogen-bond donors (Lipinski definition) is 0. The van der Waals surface area contributed by atoms with Crippen LogP contribution >= 0.6 is 22.9 Å². The number of hydrogen-bond acceptors (Lipinski definition) is 3. The largest absolute Gasteiger partial charge is 0.393 e. The second kappa shape index (κ2) is 6.06. The Labute approximate surface area is 130 Å². The minimum absolute atomic E-state index is 0.0273. The van der Waals surface area contributed by atoms with Crippen LogP contribution in [0.4, 0.5) is 13.2 Å². The average Bonchev–Trinajstić information content (AvgIpc) is 2.79. The molecule has 1 fully saturated rings. The molecule has 3 nitrogen and oxygen atoms in total. The summed E-state index contributed by atoms with van der Waals surface area (Å²) in [6.07, 6.45) is -4.18. The zero-order valence-corrected chi connectivity index (χ0v) is 13.7. The van der Waals surface area contributed by atoms with E-state index in [1.807, 2.05) is 0 Å². The molecule has 9 heteroatoms. The van der Waals surface area contributed by atoms with Gasteiger partial charge in [-0.05, 0) is 30.7 Å². The Morgan fingerprint density at radius 2 is 2.14 bits per heavy atom. The predicted octanol–water partition coefficient (Wildman–Crippen LogP) is 3.76. The summed E-state index contributed by atoms with van der Waals surface area (Å²) in [7, 11) is -3.93. The molecule has 1 atom stereocenters. The van der Waals surface area contributed by atoms with Crippen LogP contribution in [-0.2, 0) is 15.9 Å². The lowest BCUT2D eigenvalue weighted by molar-refractivity contribution is -0.182. The van der Waals surface area contributed by atoms with Crippen molar-refractivity contribution >= 4 is 33.0 Å². The molecule has 1 aliphatic rings. The minimum atomic E-state index is -4.37. The van der Waals surface area contributed by atoms with E-state index in [0.29, 0.717) is 10.4 Å². The van der Waals surface area contributed by atoms with Gasteiger partial charge < -0.3 is 0 Å². The highest BCUT2D eigenvalue weighted by atomic mass is 35.5. The number of sulfonamides is 1. The zero-order chi connectivity index (χ0) is 15.8. The molecule has 1 saturated heterocycles. The van der Waals surface area contributed by atoms with Gasteiger partial charge in [0.1, 0.15) is 4.90 Å². The molecule has 2 rings (SSSR count). The summed E-state index contributed by atoms with van der Waals surface area (Å²) in [6, 6.07) is 0. The van der Waals surface area contributed by atoms with Crippen molar-refractivity contribution < 1.29 is 21.6 Å². The van der Waals surface area contributed by atoms with E-state index < -0.39 is 28.7 Å². The van der Waals surface area contributed by atoms with E-state index in [4.69, 9.17) is 11.6 Å². The first-order chi connectivity index (χ1) is 9.67. The Balaban J connectivity index is 2.33. The van der Waals surface area contributed by atoms with Gasteiger partial charge in [-0.2, -0.15) is 17.5 Å². The number of rotatable bonds is 3. The van der Waals surface area contributed by atoms with Crippen molar-refractivity contribution in [1.29, 1.82) is 0 Å². The molecular formula is C12H15ClF3NO2S2. The first-order valence-electron chi connectivity index (χ1n) is 6.37. The molecule has 0 aliphatic carbocycles. The fourth-order valence-electron chi connectivity index (χ4n) is 2.48. The summed E-state index contributed by atoms with van der Waals surface area (Å²) in [4.78, 5) is 0.550. The maximum Gasteiger partial charge on any atom is 0.393 e. The molecular weight excluding hydrogens is 347 g/mol. The second-order valence-electron chi connectivity index (χ2n) is 5.05. The molecule has 21 heavy (non-hydrogen) atoms. The number of aryl methyl sites for hydroxylation is 1. The molecule has 0 aromatic carbocycles. The number of piperidine rings is 1. The van der Waals surface area contributed by atoms with Crippen molar-refractivity contribution in [3.05, 3.63) is 15.8 Å². The molecule has 2 heterocycles. The number of alkyl halides is 4. The van der Waals surface area contributed by atoms with Gasteiger partial charge in [-0.1, -0.05) is 0 Å². The minimum Gasteiger partial charge on any atom is -0.207 e. The average molecular weight is 362 g/mol. The van der Waals surface area contributed by atoms with E-state index in [1.54, 1.807) is 12.3 Å². The standard InChI is InChI=1S/C12H15ClF3NO2S2/c1-8-7-20-10(5-13)11(8)21(18,19)17-4-2-3-9(6-17)12(14,15)16/h7,9H,2-6H2,1H3. The van der Waals surface area contributed by atoms with Crippen molar-refractivity contribution in [2.45, 2.75) is 36.7 Å². The number of thiophene rings is 1. The van der Waals surface area contributed by atoms with Crippen molar-refractivity contribution in [2.75, 3.05) is 13.1 Å².